The van der Waals surface area contributed by atoms with Gasteiger partial charge in [-0.1, -0.05) is 11.2 Å². The molecule has 0 amide bonds. The van der Waals surface area contributed by atoms with Crippen LogP contribution in [0.3, 0.4) is 0 Å². The molecule has 0 saturated carbocycles. The molecule has 1 aliphatic rings. The van der Waals surface area contributed by atoms with Crippen LogP contribution in [0.15, 0.2) is 23.3 Å². The van der Waals surface area contributed by atoms with Crippen LogP contribution in [0.4, 0.5) is 0 Å². The van der Waals surface area contributed by atoms with Crippen LogP contribution in [0.1, 0.15) is 17.5 Å². The van der Waals surface area contributed by atoms with Gasteiger partial charge in [-0.05, 0) is 54.0 Å². The van der Waals surface area contributed by atoms with Crippen molar-refractivity contribution in [3.8, 4) is 5.75 Å². The highest BCUT2D eigenvalue weighted by atomic mass is 16.5. The summed E-state index contributed by atoms with van der Waals surface area (Å²) in [5.41, 5.74) is 11.1. The third-order valence-electron chi connectivity index (χ3n) is 3.15. The quantitative estimate of drug-likeness (QED) is 0.436. The summed E-state index contributed by atoms with van der Waals surface area (Å²) in [5, 5.41) is 3.66. The minimum Gasteiger partial charge on any atom is -0.497 e. The van der Waals surface area contributed by atoms with Crippen molar-refractivity contribution in [2.24, 2.45) is 11.0 Å². The third kappa shape index (κ3) is 2.28. The maximum Gasteiger partial charge on any atom is 0.119 e. The SMILES string of the molecule is COc1ccc2c(c1)CC(CN=[N+]=[N-])CC2. The van der Waals surface area contributed by atoms with Gasteiger partial charge in [0.1, 0.15) is 5.75 Å². The van der Waals surface area contributed by atoms with Gasteiger partial charge in [-0.3, -0.25) is 0 Å². The Morgan fingerprint density at radius 2 is 2.38 bits per heavy atom. The van der Waals surface area contributed by atoms with Crippen molar-refractivity contribution >= 4 is 0 Å². The highest BCUT2D eigenvalue weighted by Gasteiger charge is 2.18. The predicted molar refractivity (Wildman–Crippen MR) is 62.5 cm³/mol. The molecular weight excluding hydrogens is 202 g/mol. The molecule has 0 fully saturated rings. The molecule has 84 valence electrons. The molecular formula is C12H15N3O. The van der Waals surface area contributed by atoms with Crippen LogP contribution in [0.25, 0.3) is 10.4 Å². The highest BCUT2D eigenvalue weighted by Crippen LogP contribution is 2.28. The fraction of sp³-hybridized carbons (Fsp3) is 0.500. The average molecular weight is 217 g/mol. The maximum atomic E-state index is 8.31. The number of fused-ring (bicyclic) bond motifs is 1. The Hall–Kier alpha value is -1.67. The van der Waals surface area contributed by atoms with Gasteiger partial charge in [-0.2, -0.15) is 0 Å². The zero-order valence-corrected chi connectivity index (χ0v) is 9.39. The molecule has 0 aliphatic heterocycles. The molecule has 0 N–H and O–H groups in total. The molecule has 4 nitrogen and oxygen atoms in total. The number of methoxy groups -OCH3 is 1. The van der Waals surface area contributed by atoms with E-state index in [1.807, 2.05) is 6.07 Å². The molecule has 1 unspecified atom stereocenters. The summed E-state index contributed by atoms with van der Waals surface area (Å²) in [7, 11) is 1.68. The molecule has 4 heteroatoms. The van der Waals surface area contributed by atoms with Crippen LogP contribution in [0.5, 0.6) is 5.75 Å². The lowest BCUT2D eigenvalue weighted by Crippen LogP contribution is -2.16. The number of hydrogen-bond acceptors (Lipinski definition) is 2. The van der Waals surface area contributed by atoms with Crippen molar-refractivity contribution in [1.82, 2.24) is 0 Å². The van der Waals surface area contributed by atoms with Gasteiger partial charge in [-0.15, -0.1) is 0 Å². The average Bonchev–Trinajstić information content (AvgIpc) is 2.35. The van der Waals surface area contributed by atoms with Gasteiger partial charge < -0.3 is 4.74 Å². The fourth-order valence-corrected chi connectivity index (χ4v) is 2.24. The summed E-state index contributed by atoms with van der Waals surface area (Å²) in [5.74, 6) is 1.39. The number of benzene rings is 1. The Kier molecular flexibility index (Phi) is 3.32. The standard InChI is InChI=1S/C12H15N3O/c1-16-12-5-4-10-3-2-9(8-14-15-13)6-11(10)7-12/h4-5,7,9H,2-3,6,8H2,1H3. The largest absolute Gasteiger partial charge is 0.497 e. The molecule has 0 aromatic heterocycles. The van der Waals surface area contributed by atoms with Crippen molar-refractivity contribution in [1.29, 1.82) is 0 Å². The van der Waals surface area contributed by atoms with Crippen LogP contribution in [-0.4, -0.2) is 13.7 Å². The molecule has 2 rings (SSSR count). The number of aryl methyl sites for hydroxylation is 1. The normalized spacial score (nSPS) is 18.4. The van der Waals surface area contributed by atoms with E-state index >= 15 is 0 Å². The third-order valence-corrected chi connectivity index (χ3v) is 3.15. The first kappa shape index (κ1) is 10.8. The van der Waals surface area contributed by atoms with Crippen molar-refractivity contribution < 1.29 is 4.74 Å². The Labute approximate surface area is 94.9 Å². The van der Waals surface area contributed by atoms with E-state index in [2.05, 4.69) is 22.2 Å². The zero-order valence-electron chi connectivity index (χ0n) is 9.39. The lowest BCUT2D eigenvalue weighted by Gasteiger charge is -2.23. The number of nitrogens with zero attached hydrogens (tertiary/aromatic N) is 3. The zero-order chi connectivity index (χ0) is 11.4. The lowest BCUT2D eigenvalue weighted by atomic mass is 9.84. The van der Waals surface area contributed by atoms with Gasteiger partial charge in [0.2, 0.25) is 0 Å². The number of hydrogen-bond donors (Lipinski definition) is 0. The minimum atomic E-state index is 0.482. The molecule has 0 radical (unpaired) electrons. The van der Waals surface area contributed by atoms with Crippen molar-refractivity contribution in [2.75, 3.05) is 13.7 Å². The first-order valence-corrected chi connectivity index (χ1v) is 5.50. The van der Waals surface area contributed by atoms with E-state index in [0.29, 0.717) is 12.5 Å². The second-order valence-corrected chi connectivity index (χ2v) is 4.16. The summed E-state index contributed by atoms with van der Waals surface area (Å²) in [6, 6.07) is 6.24. The first-order chi connectivity index (χ1) is 7.83. The number of azide groups is 1. The molecule has 1 aromatic rings. The van der Waals surface area contributed by atoms with Crippen LogP contribution >= 0.6 is 0 Å². The number of rotatable bonds is 3. The van der Waals surface area contributed by atoms with Gasteiger partial charge in [0.15, 0.2) is 0 Å². The van der Waals surface area contributed by atoms with Gasteiger partial charge in [0, 0.05) is 11.5 Å². The molecule has 1 aromatic carbocycles. The molecule has 16 heavy (non-hydrogen) atoms. The van der Waals surface area contributed by atoms with E-state index in [0.717, 1.165) is 25.0 Å². The summed E-state index contributed by atoms with van der Waals surface area (Å²) < 4.78 is 5.21. The maximum absolute atomic E-state index is 8.31. The summed E-state index contributed by atoms with van der Waals surface area (Å²) >= 11 is 0. The minimum absolute atomic E-state index is 0.482. The Morgan fingerprint density at radius 3 is 3.12 bits per heavy atom. The molecule has 0 spiro atoms. The second kappa shape index (κ2) is 4.90. The van der Waals surface area contributed by atoms with E-state index in [4.69, 9.17) is 10.3 Å². The van der Waals surface area contributed by atoms with Crippen molar-refractivity contribution in [2.45, 2.75) is 19.3 Å². The lowest BCUT2D eigenvalue weighted by molar-refractivity contribution is 0.411. The van der Waals surface area contributed by atoms with E-state index in [1.165, 1.54) is 11.1 Å². The van der Waals surface area contributed by atoms with Gasteiger partial charge >= 0.3 is 0 Å². The van der Waals surface area contributed by atoms with Gasteiger partial charge in [0.25, 0.3) is 0 Å². The Morgan fingerprint density at radius 1 is 1.50 bits per heavy atom. The summed E-state index contributed by atoms with van der Waals surface area (Å²) in [6.45, 7) is 0.604. The summed E-state index contributed by atoms with van der Waals surface area (Å²) in [6.07, 6.45) is 3.18. The monoisotopic (exact) mass is 217 g/mol. The van der Waals surface area contributed by atoms with Gasteiger partial charge in [-0.25, -0.2) is 0 Å². The van der Waals surface area contributed by atoms with Crippen LogP contribution < -0.4 is 4.74 Å². The predicted octanol–water partition coefficient (Wildman–Crippen LogP) is 3.11. The molecule has 1 aliphatic carbocycles. The van der Waals surface area contributed by atoms with Crippen LogP contribution in [0.2, 0.25) is 0 Å². The van der Waals surface area contributed by atoms with E-state index in [9.17, 15) is 0 Å². The molecule has 0 bridgehead atoms. The Bertz CT molecular complexity index is 424. The van der Waals surface area contributed by atoms with E-state index < -0.39 is 0 Å². The molecule has 0 saturated heterocycles. The Balaban J connectivity index is 2.14. The van der Waals surface area contributed by atoms with E-state index in [1.54, 1.807) is 7.11 Å². The topological polar surface area (TPSA) is 58.0 Å². The van der Waals surface area contributed by atoms with Crippen LogP contribution in [-0.2, 0) is 12.8 Å². The second-order valence-electron chi connectivity index (χ2n) is 4.16. The summed E-state index contributed by atoms with van der Waals surface area (Å²) in [4.78, 5) is 2.82. The van der Waals surface area contributed by atoms with E-state index in [-0.39, 0.29) is 0 Å². The smallest absolute Gasteiger partial charge is 0.119 e. The van der Waals surface area contributed by atoms with Crippen LogP contribution in [0, 0.1) is 5.92 Å². The first-order valence-electron chi connectivity index (χ1n) is 5.50. The highest BCUT2D eigenvalue weighted by molar-refractivity contribution is 5.37. The molecule has 1 atom stereocenters. The van der Waals surface area contributed by atoms with Gasteiger partial charge in [0.05, 0.1) is 7.11 Å². The molecule has 0 heterocycles. The van der Waals surface area contributed by atoms with Crippen molar-refractivity contribution in [3.63, 3.8) is 0 Å². The van der Waals surface area contributed by atoms with Crippen molar-refractivity contribution in [3.05, 3.63) is 39.8 Å². The fourth-order valence-electron chi connectivity index (χ4n) is 2.24. The number of ether oxygens (including phenoxy) is 1.